The monoisotopic (exact) mass is 365 g/mol. The van der Waals surface area contributed by atoms with E-state index >= 15 is 0 Å². The second-order valence-corrected chi connectivity index (χ2v) is 5.03. The fraction of sp³-hybridized carbons (Fsp3) is 0.267. The van der Waals surface area contributed by atoms with Crippen LogP contribution < -0.4 is 10.1 Å². The van der Waals surface area contributed by atoms with Crippen LogP contribution in [0.25, 0.3) is 6.08 Å². The minimum Gasteiger partial charge on any atom is -0.500 e. The molecule has 11 nitrogen and oxygen atoms in total. The molecule has 11 heteroatoms. The maximum atomic E-state index is 12.2. The lowest BCUT2D eigenvalue weighted by atomic mass is 10.1. The number of esters is 1. The van der Waals surface area contributed by atoms with Crippen molar-refractivity contribution in [3.8, 4) is 11.5 Å². The maximum Gasteiger partial charge on any atom is 0.329 e. The Labute approximate surface area is 146 Å². The van der Waals surface area contributed by atoms with Crippen LogP contribution in [0, 0.1) is 10.1 Å². The summed E-state index contributed by atoms with van der Waals surface area (Å²) < 4.78 is 9.55. The van der Waals surface area contributed by atoms with Gasteiger partial charge in [-0.05, 0) is 24.6 Å². The van der Waals surface area contributed by atoms with Gasteiger partial charge >= 0.3 is 17.7 Å². The van der Waals surface area contributed by atoms with Gasteiger partial charge in [-0.15, -0.1) is 0 Å². The first kappa shape index (κ1) is 18.7. The van der Waals surface area contributed by atoms with E-state index in [1.54, 1.807) is 6.92 Å². The van der Waals surface area contributed by atoms with Crippen LogP contribution in [0.15, 0.2) is 17.8 Å². The molecule has 0 radical (unpaired) electrons. The van der Waals surface area contributed by atoms with Gasteiger partial charge in [-0.2, -0.15) is 0 Å². The number of aromatic hydroxyl groups is 1. The highest BCUT2D eigenvalue weighted by Crippen LogP contribution is 2.37. The third-order valence-electron chi connectivity index (χ3n) is 3.36. The number of amides is 3. The van der Waals surface area contributed by atoms with Crippen molar-refractivity contribution in [1.82, 2.24) is 10.2 Å². The molecule has 1 aliphatic rings. The van der Waals surface area contributed by atoms with E-state index in [2.05, 4.69) is 10.1 Å². The molecular weight excluding hydrogens is 350 g/mol. The van der Waals surface area contributed by atoms with E-state index < -0.39 is 40.8 Å². The van der Waals surface area contributed by atoms with Gasteiger partial charge in [-0.1, -0.05) is 0 Å². The zero-order chi connectivity index (χ0) is 19.4. The second-order valence-electron chi connectivity index (χ2n) is 5.03. The van der Waals surface area contributed by atoms with Gasteiger partial charge in [0.2, 0.25) is 5.75 Å². The summed E-state index contributed by atoms with van der Waals surface area (Å²) >= 11 is 0. The summed E-state index contributed by atoms with van der Waals surface area (Å²) in [5.74, 6) is -2.37. The normalized spacial score (nSPS) is 15.2. The van der Waals surface area contributed by atoms with Crippen LogP contribution in [0.4, 0.5) is 10.5 Å². The number of phenolic OH excluding ortho intramolecular Hbond substituents is 1. The lowest BCUT2D eigenvalue weighted by Gasteiger charge is -2.09. The molecule has 0 unspecified atom stereocenters. The quantitative estimate of drug-likeness (QED) is 0.247. The average Bonchev–Trinajstić information content (AvgIpc) is 2.84. The Kier molecular flexibility index (Phi) is 5.40. The highest BCUT2D eigenvalue weighted by molar-refractivity contribution is 6.15. The van der Waals surface area contributed by atoms with Crippen LogP contribution in [-0.2, 0) is 14.3 Å². The molecule has 0 bridgehead atoms. The summed E-state index contributed by atoms with van der Waals surface area (Å²) in [6.07, 6.45) is 1.17. The SMILES string of the molecule is CCOc1cc(C=C2NC(=O)N(CC(=O)OC)C2=O)cc([N+](=O)[O-])c1O. The number of nitro benzene ring substituents is 1. The van der Waals surface area contributed by atoms with Crippen molar-refractivity contribution in [2.75, 3.05) is 20.3 Å². The third-order valence-corrected chi connectivity index (χ3v) is 3.36. The van der Waals surface area contributed by atoms with Gasteiger partial charge in [0.05, 0.1) is 18.6 Å². The molecule has 138 valence electrons. The number of nitrogens with zero attached hydrogens (tertiary/aromatic N) is 2. The lowest BCUT2D eigenvalue weighted by Crippen LogP contribution is -2.36. The van der Waals surface area contributed by atoms with Crippen LogP contribution in [0.2, 0.25) is 0 Å². The number of nitrogens with one attached hydrogen (secondary N) is 1. The topological polar surface area (TPSA) is 148 Å². The van der Waals surface area contributed by atoms with E-state index in [-0.39, 0.29) is 23.6 Å². The van der Waals surface area contributed by atoms with Crippen LogP contribution in [0.3, 0.4) is 0 Å². The average molecular weight is 365 g/mol. The van der Waals surface area contributed by atoms with Crippen molar-refractivity contribution < 1.29 is 33.9 Å². The predicted molar refractivity (Wildman–Crippen MR) is 86.2 cm³/mol. The molecule has 1 aromatic carbocycles. The fourth-order valence-electron chi connectivity index (χ4n) is 2.18. The molecule has 0 spiro atoms. The van der Waals surface area contributed by atoms with E-state index in [9.17, 15) is 29.6 Å². The number of nitro groups is 1. The first-order valence-corrected chi connectivity index (χ1v) is 7.34. The molecular formula is C15H15N3O8. The van der Waals surface area contributed by atoms with E-state index in [1.807, 2.05) is 0 Å². The molecule has 1 saturated heterocycles. The van der Waals surface area contributed by atoms with Crippen molar-refractivity contribution in [1.29, 1.82) is 0 Å². The van der Waals surface area contributed by atoms with Gasteiger partial charge in [-0.3, -0.25) is 19.7 Å². The molecule has 0 aliphatic carbocycles. The van der Waals surface area contributed by atoms with Crippen molar-refractivity contribution in [3.63, 3.8) is 0 Å². The van der Waals surface area contributed by atoms with Gasteiger partial charge in [0.25, 0.3) is 5.91 Å². The van der Waals surface area contributed by atoms with E-state index in [4.69, 9.17) is 4.74 Å². The Hall–Kier alpha value is -3.63. The van der Waals surface area contributed by atoms with Crippen LogP contribution in [-0.4, -0.2) is 53.1 Å². The Morgan fingerprint density at radius 3 is 2.69 bits per heavy atom. The van der Waals surface area contributed by atoms with Crippen molar-refractivity contribution in [3.05, 3.63) is 33.5 Å². The number of urea groups is 1. The number of carbonyl (C=O) groups excluding carboxylic acids is 3. The number of imide groups is 1. The summed E-state index contributed by atoms with van der Waals surface area (Å²) in [6.45, 7) is 1.20. The molecule has 0 aromatic heterocycles. The van der Waals surface area contributed by atoms with E-state index in [0.717, 1.165) is 13.2 Å². The molecule has 2 rings (SSSR count). The minimum absolute atomic E-state index is 0.140. The minimum atomic E-state index is -0.829. The number of phenols is 1. The largest absolute Gasteiger partial charge is 0.500 e. The lowest BCUT2D eigenvalue weighted by molar-refractivity contribution is -0.386. The number of carbonyl (C=O) groups is 3. The van der Waals surface area contributed by atoms with Crippen LogP contribution in [0.1, 0.15) is 12.5 Å². The predicted octanol–water partition coefficient (Wildman–Crippen LogP) is 0.765. The van der Waals surface area contributed by atoms with Crippen molar-refractivity contribution in [2.45, 2.75) is 6.92 Å². The standard InChI is InChI=1S/C15H15N3O8/c1-3-26-11-6-8(5-10(13(11)20)18(23)24)4-9-14(21)17(15(22)16-9)7-12(19)25-2/h4-6,20H,3,7H2,1-2H3,(H,16,22). The fourth-order valence-corrected chi connectivity index (χ4v) is 2.18. The molecule has 1 aliphatic heterocycles. The second kappa shape index (κ2) is 7.51. The van der Waals surface area contributed by atoms with E-state index in [0.29, 0.717) is 4.90 Å². The van der Waals surface area contributed by atoms with Gasteiger partial charge < -0.3 is 19.9 Å². The Morgan fingerprint density at radius 1 is 1.42 bits per heavy atom. The van der Waals surface area contributed by atoms with Gasteiger partial charge in [0.15, 0.2) is 5.75 Å². The Bertz CT molecular complexity index is 817. The highest BCUT2D eigenvalue weighted by Gasteiger charge is 2.35. The van der Waals surface area contributed by atoms with Crippen LogP contribution in [0.5, 0.6) is 11.5 Å². The highest BCUT2D eigenvalue weighted by atomic mass is 16.6. The van der Waals surface area contributed by atoms with Crippen LogP contribution >= 0.6 is 0 Å². The molecule has 0 saturated carbocycles. The molecule has 0 atom stereocenters. The smallest absolute Gasteiger partial charge is 0.329 e. The molecule has 3 amide bonds. The summed E-state index contributed by atoms with van der Waals surface area (Å²) in [4.78, 5) is 46.2. The summed E-state index contributed by atoms with van der Waals surface area (Å²) in [5.41, 5.74) is -0.672. The van der Waals surface area contributed by atoms with Gasteiger partial charge in [0.1, 0.15) is 12.2 Å². The summed E-state index contributed by atoms with van der Waals surface area (Å²) in [7, 11) is 1.11. The van der Waals surface area contributed by atoms with Gasteiger partial charge in [0, 0.05) is 6.07 Å². The third kappa shape index (κ3) is 3.71. The maximum absolute atomic E-state index is 12.2. The molecule has 2 N–H and O–H groups in total. The zero-order valence-electron chi connectivity index (χ0n) is 13.8. The number of methoxy groups -OCH3 is 1. The van der Waals surface area contributed by atoms with E-state index in [1.165, 1.54) is 12.1 Å². The molecule has 1 heterocycles. The van der Waals surface area contributed by atoms with Crippen molar-refractivity contribution >= 4 is 29.7 Å². The van der Waals surface area contributed by atoms with Gasteiger partial charge in [-0.25, -0.2) is 9.69 Å². The zero-order valence-corrected chi connectivity index (χ0v) is 13.8. The molecule has 1 aromatic rings. The Morgan fingerprint density at radius 2 is 2.12 bits per heavy atom. The first-order chi connectivity index (χ1) is 12.3. The number of hydrogen-bond acceptors (Lipinski definition) is 8. The number of benzene rings is 1. The summed E-state index contributed by atoms with van der Waals surface area (Å²) in [5, 5.41) is 23.2. The number of ether oxygens (including phenoxy) is 2. The summed E-state index contributed by atoms with van der Waals surface area (Å²) in [6, 6.07) is 1.47. The number of hydrogen-bond donors (Lipinski definition) is 2. The van der Waals surface area contributed by atoms with Crippen molar-refractivity contribution in [2.24, 2.45) is 0 Å². The number of rotatable bonds is 6. The molecule has 26 heavy (non-hydrogen) atoms. The Balaban J connectivity index is 2.40. The first-order valence-electron chi connectivity index (χ1n) is 7.34. The molecule has 1 fully saturated rings.